The van der Waals surface area contributed by atoms with Crippen LogP contribution in [-0.2, 0) is 16.4 Å². The molecule has 0 radical (unpaired) electrons. The maximum Gasteiger partial charge on any atom is 0.335 e. The molecule has 0 saturated carbocycles. The van der Waals surface area contributed by atoms with Crippen molar-refractivity contribution in [2.24, 2.45) is 0 Å². The van der Waals surface area contributed by atoms with Crippen LogP contribution < -0.4 is 9.46 Å². The summed E-state index contributed by atoms with van der Waals surface area (Å²) in [4.78, 5) is 11.2. The van der Waals surface area contributed by atoms with Gasteiger partial charge in [-0.05, 0) is 42.7 Å². The molecule has 0 fully saturated rings. The number of hydrogen-bond acceptors (Lipinski definition) is 4. The molecule has 128 valence electrons. The van der Waals surface area contributed by atoms with Crippen molar-refractivity contribution in [2.45, 2.75) is 18.2 Å². The quantitative estimate of drug-likeness (QED) is 0.799. The van der Waals surface area contributed by atoms with Crippen molar-refractivity contribution in [3.05, 3.63) is 59.2 Å². The average Bonchev–Trinajstić information content (AvgIpc) is 2.55. The Hall–Kier alpha value is -2.38. The SMILES string of the molecule is COc1ccc(C)cc1S(=O)(=O)NCCc1ccccc1C(=O)O. The molecule has 2 rings (SSSR count). The summed E-state index contributed by atoms with van der Waals surface area (Å²) >= 11 is 0. The van der Waals surface area contributed by atoms with Gasteiger partial charge in [0.15, 0.2) is 0 Å². The lowest BCUT2D eigenvalue weighted by molar-refractivity contribution is 0.0695. The summed E-state index contributed by atoms with van der Waals surface area (Å²) in [7, 11) is -2.34. The molecule has 0 aliphatic rings. The normalized spacial score (nSPS) is 11.2. The monoisotopic (exact) mass is 349 g/mol. The molecule has 2 N–H and O–H groups in total. The molecule has 0 aliphatic heterocycles. The van der Waals surface area contributed by atoms with E-state index in [1.807, 2.05) is 0 Å². The molecule has 7 heteroatoms. The first-order chi connectivity index (χ1) is 11.3. The molecule has 0 heterocycles. The Morgan fingerprint density at radius 1 is 1.21 bits per heavy atom. The molecule has 0 amide bonds. The second-order valence-electron chi connectivity index (χ2n) is 5.26. The lowest BCUT2D eigenvalue weighted by Crippen LogP contribution is -2.27. The third kappa shape index (κ3) is 4.12. The first-order valence-corrected chi connectivity index (χ1v) is 8.79. The van der Waals surface area contributed by atoms with Crippen LogP contribution in [0.4, 0.5) is 0 Å². The van der Waals surface area contributed by atoms with Crippen molar-refractivity contribution in [2.75, 3.05) is 13.7 Å². The number of aromatic carboxylic acids is 1. The van der Waals surface area contributed by atoms with E-state index in [0.29, 0.717) is 5.56 Å². The van der Waals surface area contributed by atoms with Crippen LogP contribution in [0.3, 0.4) is 0 Å². The van der Waals surface area contributed by atoms with Crippen LogP contribution in [0.25, 0.3) is 0 Å². The van der Waals surface area contributed by atoms with E-state index in [1.165, 1.54) is 19.2 Å². The Morgan fingerprint density at radius 2 is 1.92 bits per heavy atom. The number of sulfonamides is 1. The van der Waals surface area contributed by atoms with E-state index in [0.717, 1.165) is 5.56 Å². The van der Waals surface area contributed by atoms with E-state index in [-0.39, 0.29) is 29.2 Å². The molecule has 0 spiro atoms. The Bertz CT molecular complexity index is 846. The number of aryl methyl sites for hydroxylation is 1. The predicted octanol–water partition coefficient (Wildman–Crippen LogP) is 2.22. The van der Waals surface area contributed by atoms with Crippen LogP contribution in [0, 0.1) is 6.92 Å². The number of methoxy groups -OCH3 is 1. The topological polar surface area (TPSA) is 92.7 Å². The molecule has 0 aliphatic carbocycles. The molecular weight excluding hydrogens is 330 g/mol. The Morgan fingerprint density at radius 3 is 2.58 bits per heavy atom. The summed E-state index contributed by atoms with van der Waals surface area (Å²) in [6.07, 6.45) is 0.274. The standard InChI is InChI=1S/C17H19NO5S/c1-12-7-8-15(23-2)16(11-12)24(21,22)18-10-9-13-5-3-4-6-14(13)17(19)20/h3-8,11,18H,9-10H2,1-2H3,(H,19,20). The highest BCUT2D eigenvalue weighted by molar-refractivity contribution is 7.89. The fourth-order valence-electron chi connectivity index (χ4n) is 2.34. The summed E-state index contributed by atoms with van der Waals surface area (Å²) in [6, 6.07) is 11.4. The molecule has 2 aromatic rings. The van der Waals surface area contributed by atoms with E-state index >= 15 is 0 Å². The first kappa shape index (κ1) is 18.0. The van der Waals surface area contributed by atoms with Gasteiger partial charge in [-0.15, -0.1) is 0 Å². The number of benzene rings is 2. The fraction of sp³-hybridized carbons (Fsp3) is 0.235. The van der Waals surface area contributed by atoms with Crippen molar-refractivity contribution >= 4 is 16.0 Å². The molecule has 24 heavy (non-hydrogen) atoms. The maximum atomic E-state index is 12.5. The third-order valence-corrected chi connectivity index (χ3v) is 5.03. The minimum atomic E-state index is -3.75. The van der Waals surface area contributed by atoms with Gasteiger partial charge in [0, 0.05) is 6.54 Å². The van der Waals surface area contributed by atoms with Crippen LogP contribution in [0.1, 0.15) is 21.5 Å². The number of carboxylic acid groups (broad SMARTS) is 1. The van der Waals surface area contributed by atoms with Crippen LogP contribution in [-0.4, -0.2) is 33.1 Å². The van der Waals surface area contributed by atoms with Crippen molar-refractivity contribution in [1.82, 2.24) is 4.72 Å². The predicted molar refractivity (Wildman–Crippen MR) is 90.0 cm³/mol. The molecule has 2 aromatic carbocycles. The summed E-state index contributed by atoms with van der Waals surface area (Å²) in [5.41, 5.74) is 1.54. The number of hydrogen-bond donors (Lipinski definition) is 2. The van der Waals surface area contributed by atoms with Gasteiger partial charge in [-0.1, -0.05) is 24.3 Å². The van der Waals surface area contributed by atoms with Gasteiger partial charge in [0.05, 0.1) is 12.7 Å². The van der Waals surface area contributed by atoms with Crippen LogP contribution in [0.15, 0.2) is 47.4 Å². The van der Waals surface area contributed by atoms with Gasteiger partial charge in [-0.3, -0.25) is 0 Å². The second kappa shape index (κ2) is 7.46. The molecular formula is C17H19NO5S. The van der Waals surface area contributed by atoms with Gasteiger partial charge in [-0.25, -0.2) is 17.9 Å². The lowest BCUT2D eigenvalue weighted by atomic mass is 10.1. The van der Waals surface area contributed by atoms with E-state index in [1.54, 1.807) is 37.3 Å². The Labute approximate surface area is 141 Å². The number of nitrogens with one attached hydrogen (secondary N) is 1. The highest BCUT2D eigenvalue weighted by Gasteiger charge is 2.19. The zero-order valence-corrected chi connectivity index (χ0v) is 14.3. The molecule has 0 unspecified atom stereocenters. The first-order valence-electron chi connectivity index (χ1n) is 7.30. The average molecular weight is 349 g/mol. The smallest absolute Gasteiger partial charge is 0.335 e. The third-order valence-electron chi connectivity index (χ3n) is 3.54. The van der Waals surface area contributed by atoms with Gasteiger partial charge in [0.25, 0.3) is 0 Å². The van der Waals surface area contributed by atoms with Gasteiger partial charge in [0.1, 0.15) is 10.6 Å². The Kier molecular flexibility index (Phi) is 5.58. The minimum absolute atomic E-state index is 0.0662. The van der Waals surface area contributed by atoms with Crippen molar-refractivity contribution in [1.29, 1.82) is 0 Å². The van der Waals surface area contributed by atoms with Crippen molar-refractivity contribution < 1.29 is 23.1 Å². The van der Waals surface area contributed by atoms with E-state index < -0.39 is 16.0 Å². The number of ether oxygens (including phenoxy) is 1. The van der Waals surface area contributed by atoms with Gasteiger partial charge < -0.3 is 9.84 Å². The molecule has 0 atom stereocenters. The highest BCUT2D eigenvalue weighted by Crippen LogP contribution is 2.24. The Balaban J connectivity index is 2.15. The van der Waals surface area contributed by atoms with E-state index in [2.05, 4.69) is 4.72 Å². The minimum Gasteiger partial charge on any atom is -0.495 e. The van der Waals surface area contributed by atoms with E-state index in [4.69, 9.17) is 9.84 Å². The van der Waals surface area contributed by atoms with Gasteiger partial charge in [-0.2, -0.15) is 0 Å². The number of carboxylic acids is 1. The van der Waals surface area contributed by atoms with Crippen LogP contribution in [0.2, 0.25) is 0 Å². The van der Waals surface area contributed by atoms with Crippen LogP contribution >= 0.6 is 0 Å². The summed E-state index contributed by atoms with van der Waals surface area (Å²) in [6.45, 7) is 1.88. The molecule has 0 bridgehead atoms. The second-order valence-corrected chi connectivity index (χ2v) is 7.00. The highest BCUT2D eigenvalue weighted by atomic mass is 32.2. The van der Waals surface area contributed by atoms with E-state index in [9.17, 15) is 13.2 Å². The summed E-state index contributed by atoms with van der Waals surface area (Å²) < 4.78 is 32.5. The zero-order chi connectivity index (χ0) is 17.7. The summed E-state index contributed by atoms with van der Waals surface area (Å²) in [5.74, 6) is -0.771. The maximum absolute atomic E-state index is 12.5. The zero-order valence-electron chi connectivity index (χ0n) is 13.4. The number of carbonyl (C=O) groups is 1. The molecule has 6 nitrogen and oxygen atoms in total. The summed E-state index contributed by atoms with van der Waals surface area (Å²) in [5, 5.41) is 9.15. The lowest BCUT2D eigenvalue weighted by Gasteiger charge is -2.12. The van der Waals surface area contributed by atoms with Gasteiger partial charge in [0.2, 0.25) is 10.0 Å². The largest absolute Gasteiger partial charge is 0.495 e. The molecule has 0 aromatic heterocycles. The van der Waals surface area contributed by atoms with Crippen LogP contribution in [0.5, 0.6) is 5.75 Å². The molecule has 0 saturated heterocycles. The van der Waals surface area contributed by atoms with Crippen molar-refractivity contribution in [3.63, 3.8) is 0 Å². The fourth-order valence-corrected chi connectivity index (χ4v) is 3.62. The van der Waals surface area contributed by atoms with Crippen molar-refractivity contribution in [3.8, 4) is 5.75 Å². The van der Waals surface area contributed by atoms with Gasteiger partial charge >= 0.3 is 5.97 Å². The number of rotatable bonds is 7.